The molecule has 1 aliphatic rings. The van der Waals surface area contributed by atoms with E-state index in [9.17, 15) is 0 Å². The smallest absolute Gasteiger partial charge is 0.0470 e. The lowest BCUT2D eigenvalue weighted by atomic mass is 10.0. The fourth-order valence-electron chi connectivity index (χ4n) is 1.80. The zero-order valence-electron chi connectivity index (χ0n) is 9.26. The van der Waals surface area contributed by atoms with Gasteiger partial charge in [-0.2, -0.15) is 11.8 Å². The summed E-state index contributed by atoms with van der Waals surface area (Å²) in [4.78, 5) is 0. The highest BCUT2D eigenvalue weighted by Crippen LogP contribution is 2.13. The van der Waals surface area contributed by atoms with Crippen LogP contribution in [0.25, 0.3) is 0 Å². The Morgan fingerprint density at radius 3 is 3.00 bits per heavy atom. The first-order chi connectivity index (χ1) is 6.93. The van der Waals surface area contributed by atoms with Gasteiger partial charge in [0.15, 0.2) is 0 Å². The van der Waals surface area contributed by atoms with Crippen molar-refractivity contribution in [2.24, 2.45) is 0 Å². The Morgan fingerprint density at radius 1 is 1.36 bits per heavy atom. The molecule has 1 fully saturated rings. The van der Waals surface area contributed by atoms with Gasteiger partial charge in [-0.15, -0.1) is 0 Å². The molecule has 0 aliphatic carbocycles. The van der Waals surface area contributed by atoms with Crippen molar-refractivity contribution < 1.29 is 4.74 Å². The second kappa shape index (κ2) is 8.57. The molecule has 0 radical (unpaired) electrons. The normalized spacial score (nSPS) is 22.5. The summed E-state index contributed by atoms with van der Waals surface area (Å²) in [6.45, 7) is 2.15. The third-order valence-electron chi connectivity index (χ3n) is 2.66. The van der Waals surface area contributed by atoms with Gasteiger partial charge in [0.2, 0.25) is 0 Å². The lowest BCUT2D eigenvalue weighted by molar-refractivity contribution is 0.200. The summed E-state index contributed by atoms with van der Waals surface area (Å²) in [7, 11) is 1.77. The van der Waals surface area contributed by atoms with Crippen LogP contribution in [0.1, 0.15) is 32.1 Å². The zero-order chi connectivity index (χ0) is 10.1. The predicted octanol–water partition coefficient (Wildman–Crippen LogP) is 2.29. The second-order valence-corrected chi connectivity index (χ2v) is 5.12. The van der Waals surface area contributed by atoms with Crippen LogP contribution in [0.15, 0.2) is 0 Å². The molecule has 3 heteroatoms. The summed E-state index contributed by atoms with van der Waals surface area (Å²) >= 11 is 2.07. The van der Waals surface area contributed by atoms with Crippen LogP contribution >= 0.6 is 11.8 Å². The maximum absolute atomic E-state index is 5.01. The molecule has 84 valence electrons. The van der Waals surface area contributed by atoms with E-state index in [4.69, 9.17) is 4.74 Å². The standard InChI is InChI=1S/C11H23NOS/c1-13-8-4-9-14-10-6-11-5-2-3-7-12-11/h11-12H,2-10H2,1H3. The van der Waals surface area contributed by atoms with E-state index < -0.39 is 0 Å². The van der Waals surface area contributed by atoms with Gasteiger partial charge in [0.25, 0.3) is 0 Å². The molecule has 0 saturated carbocycles. The summed E-state index contributed by atoms with van der Waals surface area (Å²) in [5, 5.41) is 3.58. The Balaban J connectivity index is 1.82. The number of methoxy groups -OCH3 is 1. The number of hydrogen-bond acceptors (Lipinski definition) is 3. The van der Waals surface area contributed by atoms with Crippen molar-refractivity contribution in [3.8, 4) is 0 Å². The molecule has 0 aromatic carbocycles. The molecule has 0 spiro atoms. The summed E-state index contributed by atoms with van der Waals surface area (Å²) in [5.74, 6) is 2.56. The summed E-state index contributed by atoms with van der Waals surface area (Å²) in [6.07, 6.45) is 6.72. The third-order valence-corrected chi connectivity index (χ3v) is 3.76. The molecule has 14 heavy (non-hydrogen) atoms. The molecule has 1 aliphatic heterocycles. The molecule has 0 aromatic rings. The predicted molar refractivity (Wildman–Crippen MR) is 64.1 cm³/mol. The number of ether oxygens (including phenoxy) is 1. The Hall–Kier alpha value is 0.270. The molecule has 0 amide bonds. The highest BCUT2D eigenvalue weighted by molar-refractivity contribution is 7.99. The molecule has 0 aromatic heterocycles. The lowest BCUT2D eigenvalue weighted by Gasteiger charge is -2.23. The number of nitrogens with one attached hydrogen (secondary N) is 1. The van der Waals surface area contributed by atoms with Gasteiger partial charge < -0.3 is 10.1 Å². The van der Waals surface area contributed by atoms with Crippen molar-refractivity contribution in [2.75, 3.05) is 31.8 Å². The van der Waals surface area contributed by atoms with Crippen LogP contribution in [0, 0.1) is 0 Å². The highest BCUT2D eigenvalue weighted by Gasteiger charge is 2.11. The van der Waals surface area contributed by atoms with Crippen LogP contribution in [0.4, 0.5) is 0 Å². The molecular formula is C11H23NOS. The third kappa shape index (κ3) is 5.89. The highest BCUT2D eigenvalue weighted by atomic mass is 32.2. The minimum atomic E-state index is 0.804. The molecule has 1 saturated heterocycles. The van der Waals surface area contributed by atoms with Gasteiger partial charge in [-0.05, 0) is 43.7 Å². The van der Waals surface area contributed by atoms with Crippen molar-refractivity contribution in [2.45, 2.75) is 38.1 Å². The van der Waals surface area contributed by atoms with Gasteiger partial charge in [0.1, 0.15) is 0 Å². The monoisotopic (exact) mass is 217 g/mol. The maximum atomic E-state index is 5.01. The Labute approximate surface area is 92.2 Å². The molecule has 1 heterocycles. The van der Waals surface area contributed by atoms with Gasteiger partial charge >= 0.3 is 0 Å². The average molecular weight is 217 g/mol. The van der Waals surface area contributed by atoms with Crippen molar-refractivity contribution in [1.29, 1.82) is 0 Å². The number of rotatable bonds is 7. The molecule has 1 N–H and O–H groups in total. The Bertz CT molecular complexity index is 126. The van der Waals surface area contributed by atoms with E-state index in [1.54, 1.807) is 7.11 Å². The number of piperidine rings is 1. The Kier molecular flexibility index (Phi) is 7.55. The minimum Gasteiger partial charge on any atom is -0.385 e. The zero-order valence-corrected chi connectivity index (χ0v) is 10.1. The van der Waals surface area contributed by atoms with E-state index in [1.165, 1.54) is 50.2 Å². The van der Waals surface area contributed by atoms with Crippen LogP contribution in [-0.2, 0) is 4.74 Å². The van der Waals surface area contributed by atoms with Crippen LogP contribution in [0.5, 0.6) is 0 Å². The maximum Gasteiger partial charge on any atom is 0.0470 e. The van der Waals surface area contributed by atoms with E-state index in [2.05, 4.69) is 17.1 Å². The molecule has 2 nitrogen and oxygen atoms in total. The molecule has 1 rings (SSSR count). The number of hydrogen-bond donors (Lipinski definition) is 1. The van der Waals surface area contributed by atoms with E-state index in [-0.39, 0.29) is 0 Å². The van der Waals surface area contributed by atoms with Crippen LogP contribution in [0.2, 0.25) is 0 Å². The van der Waals surface area contributed by atoms with Gasteiger partial charge in [0.05, 0.1) is 0 Å². The summed E-state index contributed by atoms with van der Waals surface area (Å²) < 4.78 is 5.01. The second-order valence-electron chi connectivity index (χ2n) is 3.89. The lowest BCUT2D eigenvalue weighted by Crippen LogP contribution is -2.34. The molecule has 0 bridgehead atoms. The first kappa shape index (κ1) is 12.3. The SMILES string of the molecule is COCCCSCCC1CCCCN1. The molecule has 1 unspecified atom stereocenters. The van der Waals surface area contributed by atoms with Crippen LogP contribution in [-0.4, -0.2) is 37.8 Å². The average Bonchev–Trinajstić information content (AvgIpc) is 2.25. The van der Waals surface area contributed by atoms with Crippen molar-refractivity contribution in [1.82, 2.24) is 5.32 Å². The fraction of sp³-hybridized carbons (Fsp3) is 1.00. The van der Waals surface area contributed by atoms with Crippen molar-refractivity contribution in [3.05, 3.63) is 0 Å². The quantitative estimate of drug-likeness (QED) is 0.661. The van der Waals surface area contributed by atoms with Crippen LogP contribution in [0.3, 0.4) is 0 Å². The molecule has 1 atom stereocenters. The van der Waals surface area contributed by atoms with E-state index in [0.29, 0.717) is 0 Å². The van der Waals surface area contributed by atoms with Gasteiger partial charge in [-0.25, -0.2) is 0 Å². The first-order valence-electron chi connectivity index (χ1n) is 5.73. The summed E-state index contributed by atoms with van der Waals surface area (Å²) in [5.41, 5.74) is 0. The molecular weight excluding hydrogens is 194 g/mol. The minimum absolute atomic E-state index is 0.804. The van der Waals surface area contributed by atoms with E-state index in [0.717, 1.165) is 12.6 Å². The van der Waals surface area contributed by atoms with Gasteiger partial charge in [0, 0.05) is 19.8 Å². The first-order valence-corrected chi connectivity index (χ1v) is 6.89. The van der Waals surface area contributed by atoms with Crippen LogP contribution < -0.4 is 5.32 Å². The number of thioether (sulfide) groups is 1. The largest absolute Gasteiger partial charge is 0.385 e. The van der Waals surface area contributed by atoms with Crippen molar-refractivity contribution >= 4 is 11.8 Å². The fourth-order valence-corrected chi connectivity index (χ4v) is 2.78. The van der Waals surface area contributed by atoms with E-state index >= 15 is 0 Å². The summed E-state index contributed by atoms with van der Waals surface area (Å²) in [6, 6.07) is 0.804. The van der Waals surface area contributed by atoms with Gasteiger partial charge in [-0.1, -0.05) is 6.42 Å². The van der Waals surface area contributed by atoms with Gasteiger partial charge in [-0.3, -0.25) is 0 Å². The van der Waals surface area contributed by atoms with Crippen molar-refractivity contribution in [3.63, 3.8) is 0 Å². The van der Waals surface area contributed by atoms with E-state index in [1.807, 2.05) is 0 Å². The Morgan fingerprint density at radius 2 is 2.29 bits per heavy atom. The topological polar surface area (TPSA) is 21.3 Å².